The maximum atomic E-state index is 6.40. The van der Waals surface area contributed by atoms with Gasteiger partial charge in [-0.2, -0.15) is 11.8 Å². The standard InChI is InChI=1S/C14H21ClN2S/c1-10(16)7-11-3-4-14(13(15)8-11)17(2)12-5-6-18-9-12/h3-4,8,10,12H,5-7,9,16H2,1-2H3. The molecule has 1 saturated heterocycles. The largest absolute Gasteiger partial charge is 0.370 e. The number of nitrogens with zero attached hydrogens (tertiary/aromatic N) is 1. The Morgan fingerprint density at radius 2 is 2.33 bits per heavy atom. The number of rotatable bonds is 4. The van der Waals surface area contributed by atoms with Crippen LogP contribution in [0.1, 0.15) is 18.9 Å². The van der Waals surface area contributed by atoms with Gasteiger partial charge in [-0.3, -0.25) is 0 Å². The number of benzene rings is 1. The van der Waals surface area contributed by atoms with E-state index in [1.807, 2.05) is 18.7 Å². The van der Waals surface area contributed by atoms with Crippen LogP contribution in [0.25, 0.3) is 0 Å². The van der Waals surface area contributed by atoms with Crippen LogP contribution in [0.15, 0.2) is 18.2 Å². The highest BCUT2D eigenvalue weighted by Crippen LogP contribution is 2.31. The van der Waals surface area contributed by atoms with Gasteiger partial charge in [0.05, 0.1) is 10.7 Å². The first-order valence-corrected chi connectivity index (χ1v) is 7.96. The predicted molar refractivity (Wildman–Crippen MR) is 82.9 cm³/mol. The summed E-state index contributed by atoms with van der Waals surface area (Å²) >= 11 is 8.42. The van der Waals surface area contributed by atoms with E-state index in [1.165, 1.54) is 23.5 Å². The molecule has 2 atom stereocenters. The van der Waals surface area contributed by atoms with Gasteiger partial charge in [-0.1, -0.05) is 17.7 Å². The third kappa shape index (κ3) is 3.34. The average Bonchev–Trinajstić information content (AvgIpc) is 2.80. The van der Waals surface area contributed by atoms with Crippen LogP contribution in [0, 0.1) is 0 Å². The molecule has 4 heteroatoms. The second-order valence-corrected chi connectivity index (χ2v) is 6.65. The maximum absolute atomic E-state index is 6.40. The van der Waals surface area contributed by atoms with Gasteiger partial charge in [0.25, 0.3) is 0 Å². The zero-order chi connectivity index (χ0) is 13.1. The highest BCUT2D eigenvalue weighted by molar-refractivity contribution is 7.99. The summed E-state index contributed by atoms with van der Waals surface area (Å²) in [6, 6.07) is 7.12. The summed E-state index contributed by atoms with van der Waals surface area (Å²) < 4.78 is 0. The first kappa shape index (κ1) is 14.0. The van der Waals surface area contributed by atoms with Crippen LogP contribution in [0.4, 0.5) is 5.69 Å². The zero-order valence-electron chi connectivity index (χ0n) is 11.0. The Bertz CT molecular complexity index is 403. The molecular formula is C14H21ClN2S. The summed E-state index contributed by atoms with van der Waals surface area (Å²) in [5.74, 6) is 2.46. The molecule has 18 heavy (non-hydrogen) atoms. The monoisotopic (exact) mass is 284 g/mol. The molecule has 2 N–H and O–H groups in total. The first-order valence-electron chi connectivity index (χ1n) is 6.42. The van der Waals surface area contributed by atoms with Crippen molar-refractivity contribution in [2.45, 2.75) is 31.8 Å². The average molecular weight is 285 g/mol. The molecule has 0 aliphatic carbocycles. The van der Waals surface area contributed by atoms with Gasteiger partial charge in [-0.15, -0.1) is 0 Å². The molecule has 100 valence electrons. The minimum absolute atomic E-state index is 0.177. The predicted octanol–water partition coefficient (Wildman–Crippen LogP) is 3.17. The molecule has 1 heterocycles. The topological polar surface area (TPSA) is 29.3 Å². The molecule has 1 aliphatic heterocycles. The summed E-state index contributed by atoms with van der Waals surface area (Å²) in [4.78, 5) is 2.32. The van der Waals surface area contributed by atoms with E-state index in [9.17, 15) is 0 Å². The fourth-order valence-electron chi connectivity index (χ4n) is 2.36. The fourth-order valence-corrected chi connectivity index (χ4v) is 3.96. The van der Waals surface area contributed by atoms with Gasteiger partial charge < -0.3 is 10.6 Å². The molecule has 0 spiro atoms. The number of halogens is 1. The minimum Gasteiger partial charge on any atom is -0.370 e. The van der Waals surface area contributed by atoms with Crippen LogP contribution in [-0.4, -0.2) is 30.6 Å². The molecule has 2 nitrogen and oxygen atoms in total. The normalized spacial score (nSPS) is 21.0. The van der Waals surface area contributed by atoms with Crippen LogP contribution in [0.2, 0.25) is 5.02 Å². The Labute approximate surface area is 119 Å². The van der Waals surface area contributed by atoms with Crippen molar-refractivity contribution >= 4 is 29.1 Å². The second kappa shape index (κ2) is 6.18. The lowest BCUT2D eigenvalue weighted by molar-refractivity contribution is 0.699. The lowest BCUT2D eigenvalue weighted by Gasteiger charge is -2.27. The van der Waals surface area contributed by atoms with Crippen molar-refractivity contribution in [2.24, 2.45) is 5.73 Å². The van der Waals surface area contributed by atoms with Crippen molar-refractivity contribution in [1.29, 1.82) is 0 Å². The van der Waals surface area contributed by atoms with Crippen molar-refractivity contribution in [3.8, 4) is 0 Å². The van der Waals surface area contributed by atoms with E-state index in [0.29, 0.717) is 6.04 Å². The molecule has 0 bridgehead atoms. The van der Waals surface area contributed by atoms with Gasteiger partial charge in [0.2, 0.25) is 0 Å². The van der Waals surface area contributed by atoms with E-state index >= 15 is 0 Å². The van der Waals surface area contributed by atoms with Crippen molar-refractivity contribution in [1.82, 2.24) is 0 Å². The van der Waals surface area contributed by atoms with Crippen LogP contribution in [0.5, 0.6) is 0 Å². The number of thioether (sulfide) groups is 1. The van der Waals surface area contributed by atoms with E-state index in [1.54, 1.807) is 0 Å². The molecule has 1 aromatic rings. The van der Waals surface area contributed by atoms with Gasteiger partial charge >= 0.3 is 0 Å². The van der Waals surface area contributed by atoms with Crippen molar-refractivity contribution in [3.63, 3.8) is 0 Å². The van der Waals surface area contributed by atoms with E-state index in [0.717, 1.165) is 17.1 Å². The Morgan fingerprint density at radius 1 is 1.56 bits per heavy atom. The van der Waals surface area contributed by atoms with Crippen LogP contribution in [0.3, 0.4) is 0 Å². The Balaban J connectivity index is 2.13. The van der Waals surface area contributed by atoms with Crippen LogP contribution < -0.4 is 10.6 Å². The molecule has 0 saturated carbocycles. The summed E-state index contributed by atoms with van der Waals surface area (Å²) in [5, 5.41) is 0.840. The van der Waals surface area contributed by atoms with E-state index in [4.69, 9.17) is 17.3 Å². The molecular weight excluding hydrogens is 264 g/mol. The number of hydrogen-bond donors (Lipinski definition) is 1. The van der Waals surface area contributed by atoms with Gasteiger partial charge in [-0.25, -0.2) is 0 Å². The summed E-state index contributed by atoms with van der Waals surface area (Å²) in [7, 11) is 2.14. The molecule has 1 aromatic carbocycles. The maximum Gasteiger partial charge on any atom is 0.0642 e. The van der Waals surface area contributed by atoms with Crippen molar-refractivity contribution < 1.29 is 0 Å². The molecule has 2 unspecified atom stereocenters. The molecule has 0 radical (unpaired) electrons. The van der Waals surface area contributed by atoms with Gasteiger partial charge in [0.1, 0.15) is 0 Å². The SMILES string of the molecule is CC(N)Cc1ccc(N(C)C2CCSC2)c(Cl)c1. The van der Waals surface area contributed by atoms with Crippen molar-refractivity contribution in [3.05, 3.63) is 28.8 Å². The highest BCUT2D eigenvalue weighted by atomic mass is 35.5. The third-order valence-electron chi connectivity index (χ3n) is 3.40. The molecule has 0 amide bonds. The Morgan fingerprint density at radius 3 is 2.89 bits per heavy atom. The van der Waals surface area contributed by atoms with Gasteiger partial charge in [0, 0.05) is 24.9 Å². The van der Waals surface area contributed by atoms with Crippen LogP contribution >= 0.6 is 23.4 Å². The Hall–Kier alpha value is -0.380. The van der Waals surface area contributed by atoms with Crippen LogP contribution in [-0.2, 0) is 6.42 Å². The first-order chi connectivity index (χ1) is 8.58. The summed E-state index contributed by atoms with van der Waals surface area (Å²) in [5.41, 5.74) is 8.17. The van der Waals surface area contributed by atoms with Crippen molar-refractivity contribution in [2.75, 3.05) is 23.5 Å². The van der Waals surface area contributed by atoms with E-state index in [2.05, 4.69) is 30.1 Å². The number of hydrogen-bond acceptors (Lipinski definition) is 3. The summed E-state index contributed by atoms with van der Waals surface area (Å²) in [6.07, 6.45) is 2.13. The highest BCUT2D eigenvalue weighted by Gasteiger charge is 2.21. The van der Waals surface area contributed by atoms with Gasteiger partial charge in [-0.05, 0) is 43.2 Å². The smallest absolute Gasteiger partial charge is 0.0642 e. The second-order valence-electron chi connectivity index (χ2n) is 5.10. The van der Waals surface area contributed by atoms with E-state index in [-0.39, 0.29) is 6.04 Å². The molecule has 1 fully saturated rings. The molecule has 0 aromatic heterocycles. The third-order valence-corrected chi connectivity index (χ3v) is 4.85. The van der Waals surface area contributed by atoms with Gasteiger partial charge in [0.15, 0.2) is 0 Å². The summed E-state index contributed by atoms with van der Waals surface area (Å²) in [6.45, 7) is 2.02. The minimum atomic E-state index is 0.177. The zero-order valence-corrected chi connectivity index (χ0v) is 12.6. The number of nitrogens with two attached hydrogens (primary N) is 1. The lowest BCUT2D eigenvalue weighted by Crippen LogP contribution is -2.31. The molecule has 1 aliphatic rings. The fraction of sp³-hybridized carbons (Fsp3) is 0.571. The molecule has 2 rings (SSSR count). The lowest BCUT2D eigenvalue weighted by atomic mass is 10.1. The quantitative estimate of drug-likeness (QED) is 0.921. The Kier molecular flexibility index (Phi) is 4.82. The van der Waals surface area contributed by atoms with E-state index < -0.39 is 0 Å². The number of anilines is 1.